The molecule has 0 aliphatic rings. The molecule has 0 bridgehead atoms. The predicted molar refractivity (Wildman–Crippen MR) is 158 cm³/mol. The topological polar surface area (TPSA) is 108 Å². The fourth-order valence-electron chi connectivity index (χ4n) is 3.94. The maximum atomic E-state index is 13.7. The summed E-state index contributed by atoms with van der Waals surface area (Å²) in [5, 5.41) is 0.438. The van der Waals surface area contributed by atoms with Gasteiger partial charge in [-0.25, -0.2) is 21.8 Å². The first-order valence-electron chi connectivity index (χ1n) is 12.4. The monoisotopic (exact) mass is 590 g/mol. The van der Waals surface area contributed by atoms with Crippen molar-refractivity contribution in [1.29, 1.82) is 0 Å². The zero-order chi connectivity index (χ0) is 28.8. The number of carbonyl (C=O) groups is 1. The number of benzene rings is 2. The first-order chi connectivity index (χ1) is 18.5. The Balaban J connectivity index is 1.98. The van der Waals surface area contributed by atoms with E-state index in [0.29, 0.717) is 34.0 Å². The van der Waals surface area contributed by atoms with E-state index in [-0.39, 0.29) is 28.8 Å². The third kappa shape index (κ3) is 7.20. The highest BCUT2D eigenvalue weighted by molar-refractivity contribution is 7.90. The van der Waals surface area contributed by atoms with Gasteiger partial charge in [-0.2, -0.15) is 4.31 Å². The molecule has 0 atom stereocenters. The quantitative estimate of drug-likeness (QED) is 0.261. The van der Waals surface area contributed by atoms with Gasteiger partial charge in [-0.15, -0.1) is 13.2 Å². The largest absolute Gasteiger partial charge is 0.302 e. The van der Waals surface area contributed by atoms with Crippen molar-refractivity contribution in [1.82, 2.24) is 14.2 Å². The molecule has 0 saturated carbocycles. The average molecular weight is 591 g/mol. The molecule has 0 radical (unpaired) electrons. The predicted octanol–water partition coefficient (Wildman–Crippen LogP) is 4.05. The minimum atomic E-state index is -3.80. The van der Waals surface area contributed by atoms with Crippen molar-refractivity contribution < 1.29 is 21.6 Å². The van der Waals surface area contributed by atoms with Gasteiger partial charge in [-0.3, -0.25) is 9.69 Å². The van der Waals surface area contributed by atoms with E-state index in [2.05, 4.69) is 23.0 Å². The Kier molecular flexibility index (Phi) is 10.2. The second-order valence-corrected chi connectivity index (χ2v) is 13.8. The van der Waals surface area contributed by atoms with Crippen molar-refractivity contribution in [2.75, 3.05) is 50.4 Å². The van der Waals surface area contributed by atoms with Crippen molar-refractivity contribution in [3.8, 4) is 0 Å². The number of fused-ring (bicyclic) bond motifs is 1. The smallest absolute Gasteiger partial charge is 0.260 e. The van der Waals surface area contributed by atoms with Crippen LogP contribution in [0.5, 0.6) is 0 Å². The van der Waals surface area contributed by atoms with Gasteiger partial charge in [0.1, 0.15) is 0 Å². The lowest BCUT2D eigenvalue weighted by Crippen LogP contribution is -2.39. The van der Waals surface area contributed by atoms with Crippen LogP contribution < -0.4 is 4.90 Å². The van der Waals surface area contributed by atoms with Crippen LogP contribution in [0.2, 0.25) is 0 Å². The van der Waals surface area contributed by atoms with Crippen LogP contribution in [0.15, 0.2) is 77.6 Å². The van der Waals surface area contributed by atoms with Crippen LogP contribution >= 0.6 is 11.3 Å². The zero-order valence-corrected chi connectivity index (χ0v) is 24.9. The van der Waals surface area contributed by atoms with Gasteiger partial charge in [0.05, 0.1) is 20.0 Å². The van der Waals surface area contributed by atoms with Gasteiger partial charge in [-0.05, 0) is 55.6 Å². The molecule has 12 heteroatoms. The Labute approximate surface area is 235 Å². The highest BCUT2D eigenvalue weighted by atomic mass is 32.2. The van der Waals surface area contributed by atoms with E-state index in [1.807, 2.05) is 13.8 Å². The standard InChI is InChI=1S/C27H34N4O5S3/c1-6-16-30(17-7-2)39(35,36)22-12-10-21(11-13-22)26(32)31(19-18-29(8-3)9-4)27-28-24-15-14-23(38(5,33)34)20-25(24)37-27/h6-7,10-15,20H,1-2,8-9,16-19H2,3-5H3. The Morgan fingerprint density at radius 1 is 0.923 bits per heavy atom. The van der Waals surface area contributed by atoms with Crippen LogP contribution in [0.4, 0.5) is 5.13 Å². The van der Waals surface area contributed by atoms with Gasteiger partial charge in [0.25, 0.3) is 5.91 Å². The summed E-state index contributed by atoms with van der Waals surface area (Å²) in [5.74, 6) is -0.331. The molecule has 0 unspecified atom stereocenters. The number of anilines is 1. The van der Waals surface area contributed by atoms with E-state index in [1.54, 1.807) is 17.0 Å². The first-order valence-corrected chi connectivity index (χ1v) is 16.6. The molecule has 0 aliphatic carbocycles. The van der Waals surface area contributed by atoms with E-state index < -0.39 is 19.9 Å². The number of thiazole rings is 1. The molecule has 0 N–H and O–H groups in total. The zero-order valence-electron chi connectivity index (χ0n) is 22.4. The van der Waals surface area contributed by atoms with Gasteiger partial charge >= 0.3 is 0 Å². The summed E-state index contributed by atoms with van der Waals surface area (Å²) < 4.78 is 52.1. The number of rotatable bonds is 14. The maximum Gasteiger partial charge on any atom is 0.260 e. The Morgan fingerprint density at radius 2 is 1.51 bits per heavy atom. The van der Waals surface area contributed by atoms with Crippen LogP contribution in [0, 0.1) is 0 Å². The van der Waals surface area contributed by atoms with Crippen molar-refractivity contribution in [3.05, 3.63) is 73.3 Å². The van der Waals surface area contributed by atoms with Crippen LogP contribution in [-0.4, -0.2) is 82.5 Å². The number of hydrogen-bond acceptors (Lipinski definition) is 8. The fraction of sp³-hybridized carbons (Fsp3) is 0.333. The molecule has 0 fully saturated rings. The van der Waals surface area contributed by atoms with E-state index in [1.165, 1.54) is 58.1 Å². The summed E-state index contributed by atoms with van der Waals surface area (Å²) in [6, 6.07) is 10.5. The summed E-state index contributed by atoms with van der Waals surface area (Å²) >= 11 is 1.24. The van der Waals surface area contributed by atoms with Crippen molar-refractivity contribution in [3.63, 3.8) is 0 Å². The molecular formula is C27H34N4O5S3. The van der Waals surface area contributed by atoms with E-state index in [0.717, 1.165) is 19.3 Å². The van der Waals surface area contributed by atoms with Crippen LogP contribution in [0.3, 0.4) is 0 Å². The average Bonchev–Trinajstić information content (AvgIpc) is 3.33. The lowest BCUT2D eigenvalue weighted by molar-refractivity contribution is 0.0983. The number of hydrogen-bond donors (Lipinski definition) is 0. The number of sulfonamides is 1. The number of nitrogens with zero attached hydrogens (tertiary/aromatic N) is 4. The molecule has 0 saturated heterocycles. The number of carbonyl (C=O) groups excluding carboxylic acids is 1. The van der Waals surface area contributed by atoms with Crippen molar-refractivity contribution in [2.45, 2.75) is 23.6 Å². The molecule has 0 spiro atoms. The summed E-state index contributed by atoms with van der Waals surface area (Å²) in [7, 11) is -7.20. The third-order valence-corrected chi connectivity index (χ3v) is 10.2. The van der Waals surface area contributed by atoms with Gasteiger partial charge in [0.15, 0.2) is 15.0 Å². The summed E-state index contributed by atoms with van der Waals surface area (Å²) in [4.78, 5) is 22.3. The minimum absolute atomic E-state index is 0.0609. The van der Waals surface area contributed by atoms with Crippen molar-refractivity contribution >= 4 is 52.5 Å². The minimum Gasteiger partial charge on any atom is -0.302 e. The van der Waals surface area contributed by atoms with Gasteiger partial charge < -0.3 is 4.90 Å². The molecule has 1 amide bonds. The van der Waals surface area contributed by atoms with Crippen LogP contribution in [0.1, 0.15) is 24.2 Å². The number of amides is 1. The molecule has 1 aromatic heterocycles. The van der Waals surface area contributed by atoms with Crippen LogP contribution in [0.25, 0.3) is 10.2 Å². The van der Waals surface area contributed by atoms with Gasteiger partial charge in [0, 0.05) is 38.0 Å². The Hall–Kier alpha value is -2.90. The SMILES string of the molecule is C=CCN(CC=C)S(=O)(=O)c1ccc(C(=O)N(CCN(CC)CC)c2nc3ccc(S(C)(=O)=O)cc3s2)cc1. The number of sulfone groups is 1. The Bertz CT molecular complexity index is 1530. The van der Waals surface area contributed by atoms with Crippen molar-refractivity contribution in [2.24, 2.45) is 0 Å². The third-order valence-electron chi connectivity index (χ3n) is 6.19. The summed E-state index contributed by atoms with van der Waals surface area (Å²) in [5.41, 5.74) is 0.901. The lowest BCUT2D eigenvalue weighted by Gasteiger charge is -2.25. The molecule has 3 aromatic rings. The van der Waals surface area contributed by atoms with Crippen LogP contribution in [-0.2, 0) is 19.9 Å². The fourth-order valence-corrected chi connectivity index (χ4v) is 7.07. The molecule has 210 valence electrons. The summed E-state index contributed by atoms with van der Waals surface area (Å²) in [6.45, 7) is 14.2. The lowest BCUT2D eigenvalue weighted by atomic mass is 10.2. The van der Waals surface area contributed by atoms with E-state index in [4.69, 9.17) is 0 Å². The van der Waals surface area contributed by atoms with E-state index in [9.17, 15) is 21.6 Å². The normalized spacial score (nSPS) is 12.2. The molecule has 1 heterocycles. The molecular weight excluding hydrogens is 557 g/mol. The van der Waals surface area contributed by atoms with Gasteiger partial charge in [0.2, 0.25) is 10.0 Å². The second kappa shape index (κ2) is 13.0. The highest BCUT2D eigenvalue weighted by Gasteiger charge is 2.25. The number of aromatic nitrogens is 1. The molecule has 0 aliphatic heterocycles. The number of likely N-dealkylation sites (N-methyl/N-ethyl adjacent to an activating group) is 1. The molecule has 3 rings (SSSR count). The molecule has 2 aromatic carbocycles. The van der Waals surface area contributed by atoms with Gasteiger partial charge in [-0.1, -0.05) is 37.3 Å². The maximum absolute atomic E-state index is 13.7. The molecule has 9 nitrogen and oxygen atoms in total. The first kappa shape index (κ1) is 30.6. The highest BCUT2D eigenvalue weighted by Crippen LogP contribution is 2.31. The second-order valence-electron chi connectivity index (χ2n) is 8.81. The molecule has 39 heavy (non-hydrogen) atoms. The van der Waals surface area contributed by atoms with E-state index >= 15 is 0 Å². The Morgan fingerprint density at radius 3 is 2.05 bits per heavy atom. The summed E-state index contributed by atoms with van der Waals surface area (Å²) in [6.07, 6.45) is 4.15.